The third kappa shape index (κ3) is 2.53. The molecular formula is C13H16N2O. The molecule has 16 heavy (non-hydrogen) atoms. The van der Waals surface area contributed by atoms with Gasteiger partial charge in [0.05, 0.1) is 13.2 Å². The Morgan fingerprint density at radius 3 is 3.00 bits per heavy atom. The molecule has 1 aliphatic carbocycles. The van der Waals surface area contributed by atoms with Crippen LogP contribution in [0.4, 0.5) is 5.82 Å². The van der Waals surface area contributed by atoms with Crippen molar-refractivity contribution in [3.8, 4) is 12.3 Å². The summed E-state index contributed by atoms with van der Waals surface area (Å²) in [6, 6.07) is 3.72. The summed E-state index contributed by atoms with van der Waals surface area (Å²) < 4.78 is 0. The summed E-state index contributed by atoms with van der Waals surface area (Å²) in [5, 5.41) is 9.27. The highest BCUT2D eigenvalue weighted by molar-refractivity contribution is 5.47. The maximum absolute atomic E-state index is 9.27. The number of nitrogens with zero attached hydrogens (tertiary/aromatic N) is 2. The van der Waals surface area contributed by atoms with Gasteiger partial charge in [0.1, 0.15) is 5.82 Å². The molecule has 2 rings (SSSR count). The minimum Gasteiger partial charge on any atom is -0.392 e. The van der Waals surface area contributed by atoms with Crippen LogP contribution in [0.25, 0.3) is 0 Å². The third-order valence-corrected chi connectivity index (χ3v) is 2.80. The largest absolute Gasteiger partial charge is 0.392 e. The smallest absolute Gasteiger partial charge is 0.134 e. The van der Waals surface area contributed by atoms with Gasteiger partial charge in [-0.05, 0) is 24.8 Å². The topological polar surface area (TPSA) is 36.4 Å². The number of terminal acetylenes is 1. The quantitative estimate of drug-likeness (QED) is 0.756. The van der Waals surface area contributed by atoms with Crippen molar-refractivity contribution in [3.05, 3.63) is 23.9 Å². The predicted molar refractivity (Wildman–Crippen MR) is 63.9 cm³/mol. The normalized spacial score (nSPS) is 14.5. The van der Waals surface area contributed by atoms with E-state index < -0.39 is 0 Å². The van der Waals surface area contributed by atoms with Crippen LogP contribution >= 0.6 is 0 Å². The Bertz CT molecular complexity index is 393. The summed E-state index contributed by atoms with van der Waals surface area (Å²) in [4.78, 5) is 6.41. The molecule has 3 nitrogen and oxygen atoms in total. The van der Waals surface area contributed by atoms with Crippen molar-refractivity contribution >= 4 is 5.82 Å². The number of aliphatic hydroxyl groups is 1. The van der Waals surface area contributed by atoms with Crippen LogP contribution in [0.3, 0.4) is 0 Å². The van der Waals surface area contributed by atoms with Crippen molar-refractivity contribution < 1.29 is 5.11 Å². The zero-order valence-electron chi connectivity index (χ0n) is 9.26. The number of hydrogen-bond donors (Lipinski definition) is 1. The van der Waals surface area contributed by atoms with Crippen LogP contribution in [0.1, 0.15) is 18.4 Å². The standard InChI is InChI=1S/C13H16N2O/c1-2-8-15(9-11-5-6-11)13-12(10-16)4-3-7-14-13/h1,3-4,7,11,16H,5-6,8-10H2. The Balaban J connectivity index is 2.18. The van der Waals surface area contributed by atoms with E-state index in [0.717, 1.165) is 23.8 Å². The average Bonchev–Trinajstić information content (AvgIpc) is 3.12. The third-order valence-electron chi connectivity index (χ3n) is 2.80. The lowest BCUT2D eigenvalue weighted by Gasteiger charge is -2.23. The molecule has 1 aromatic rings. The van der Waals surface area contributed by atoms with Gasteiger partial charge in [0.2, 0.25) is 0 Å². The van der Waals surface area contributed by atoms with Crippen molar-refractivity contribution in [2.24, 2.45) is 5.92 Å². The molecule has 1 aromatic heterocycles. The Kier molecular flexibility index (Phi) is 3.43. The Morgan fingerprint density at radius 1 is 1.56 bits per heavy atom. The van der Waals surface area contributed by atoms with Gasteiger partial charge in [0.15, 0.2) is 0 Å². The summed E-state index contributed by atoms with van der Waals surface area (Å²) in [5.74, 6) is 4.24. The van der Waals surface area contributed by atoms with E-state index in [4.69, 9.17) is 6.42 Å². The average molecular weight is 216 g/mol. The molecule has 0 aromatic carbocycles. The Morgan fingerprint density at radius 2 is 2.38 bits per heavy atom. The van der Waals surface area contributed by atoms with E-state index in [-0.39, 0.29) is 6.61 Å². The minimum absolute atomic E-state index is 0.00884. The monoisotopic (exact) mass is 216 g/mol. The maximum Gasteiger partial charge on any atom is 0.134 e. The van der Waals surface area contributed by atoms with Gasteiger partial charge < -0.3 is 10.0 Å². The highest BCUT2D eigenvalue weighted by Gasteiger charge is 2.25. The molecule has 1 fully saturated rings. The fraction of sp³-hybridized carbons (Fsp3) is 0.462. The summed E-state index contributed by atoms with van der Waals surface area (Å²) in [6.45, 7) is 1.52. The molecule has 1 saturated carbocycles. The van der Waals surface area contributed by atoms with E-state index in [2.05, 4.69) is 15.8 Å². The van der Waals surface area contributed by atoms with Gasteiger partial charge in [-0.2, -0.15) is 0 Å². The number of rotatable bonds is 5. The summed E-state index contributed by atoms with van der Waals surface area (Å²) in [6.07, 6.45) is 9.67. The van der Waals surface area contributed by atoms with E-state index >= 15 is 0 Å². The lowest BCUT2D eigenvalue weighted by atomic mass is 10.2. The first-order valence-electron chi connectivity index (χ1n) is 5.58. The van der Waals surface area contributed by atoms with Gasteiger partial charge in [0.25, 0.3) is 0 Å². The lowest BCUT2D eigenvalue weighted by Crippen LogP contribution is -2.28. The van der Waals surface area contributed by atoms with Crippen molar-refractivity contribution in [1.82, 2.24) is 4.98 Å². The van der Waals surface area contributed by atoms with Crippen molar-refractivity contribution in [1.29, 1.82) is 0 Å². The Labute approximate surface area is 96.1 Å². The predicted octanol–water partition coefficient (Wildman–Crippen LogP) is 1.42. The molecule has 84 valence electrons. The molecule has 0 spiro atoms. The first-order valence-corrected chi connectivity index (χ1v) is 5.58. The highest BCUT2D eigenvalue weighted by Crippen LogP contribution is 2.31. The van der Waals surface area contributed by atoms with Crippen LogP contribution in [0.15, 0.2) is 18.3 Å². The molecule has 1 aliphatic rings. The van der Waals surface area contributed by atoms with E-state index in [0.29, 0.717) is 6.54 Å². The zero-order valence-corrected chi connectivity index (χ0v) is 9.26. The van der Waals surface area contributed by atoms with Crippen molar-refractivity contribution in [2.45, 2.75) is 19.4 Å². The molecule has 0 aliphatic heterocycles. The molecule has 0 radical (unpaired) electrons. The maximum atomic E-state index is 9.27. The SMILES string of the molecule is C#CCN(CC1CC1)c1ncccc1CO. The van der Waals surface area contributed by atoms with Crippen LogP contribution in [0.2, 0.25) is 0 Å². The van der Waals surface area contributed by atoms with Crippen LogP contribution < -0.4 is 4.90 Å². The Hall–Kier alpha value is -1.53. The molecule has 0 unspecified atom stereocenters. The van der Waals surface area contributed by atoms with E-state index in [1.807, 2.05) is 12.1 Å². The van der Waals surface area contributed by atoms with Crippen molar-refractivity contribution in [2.75, 3.05) is 18.0 Å². The first kappa shape index (κ1) is 11.0. The van der Waals surface area contributed by atoms with Gasteiger partial charge in [0, 0.05) is 18.3 Å². The number of aromatic nitrogens is 1. The zero-order chi connectivity index (χ0) is 11.4. The van der Waals surface area contributed by atoms with Gasteiger partial charge in [-0.25, -0.2) is 4.98 Å². The lowest BCUT2D eigenvalue weighted by molar-refractivity contribution is 0.281. The minimum atomic E-state index is 0.00884. The van der Waals surface area contributed by atoms with Crippen molar-refractivity contribution in [3.63, 3.8) is 0 Å². The number of pyridine rings is 1. The van der Waals surface area contributed by atoms with Crippen LogP contribution in [-0.4, -0.2) is 23.2 Å². The van der Waals surface area contributed by atoms with Gasteiger partial charge in [-0.3, -0.25) is 0 Å². The number of anilines is 1. The van der Waals surface area contributed by atoms with E-state index in [1.54, 1.807) is 6.20 Å². The molecular weight excluding hydrogens is 200 g/mol. The first-order chi connectivity index (χ1) is 7.85. The fourth-order valence-corrected chi connectivity index (χ4v) is 1.79. The van der Waals surface area contributed by atoms with Crippen LogP contribution in [0.5, 0.6) is 0 Å². The van der Waals surface area contributed by atoms with Gasteiger partial charge in [-0.1, -0.05) is 12.0 Å². The molecule has 0 bridgehead atoms. The van der Waals surface area contributed by atoms with Crippen LogP contribution in [0, 0.1) is 18.3 Å². The molecule has 1 N–H and O–H groups in total. The number of aliphatic hydroxyl groups excluding tert-OH is 1. The highest BCUT2D eigenvalue weighted by atomic mass is 16.3. The van der Waals surface area contributed by atoms with E-state index in [1.165, 1.54) is 12.8 Å². The summed E-state index contributed by atoms with van der Waals surface area (Å²) in [7, 11) is 0. The molecule has 0 amide bonds. The second-order valence-electron chi connectivity index (χ2n) is 4.17. The molecule has 3 heteroatoms. The second-order valence-corrected chi connectivity index (χ2v) is 4.17. The number of hydrogen-bond acceptors (Lipinski definition) is 3. The van der Waals surface area contributed by atoms with E-state index in [9.17, 15) is 5.11 Å². The second kappa shape index (κ2) is 5.00. The van der Waals surface area contributed by atoms with Gasteiger partial charge in [-0.15, -0.1) is 6.42 Å². The molecule has 0 atom stereocenters. The molecule has 0 saturated heterocycles. The van der Waals surface area contributed by atoms with Crippen LogP contribution in [-0.2, 0) is 6.61 Å². The fourth-order valence-electron chi connectivity index (χ4n) is 1.79. The summed E-state index contributed by atoms with van der Waals surface area (Å²) >= 11 is 0. The molecule has 1 heterocycles. The summed E-state index contributed by atoms with van der Waals surface area (Å²) in [5.41, 5.74) is 0.846. The van der Waals surface area contributed by atoms with Gasteiger partial charge >= 0.3 is 0 Å².